The van der Waals surface area contributed by atoms with Gasteiger partial charge in [0.2, 0.25) is 0 Å². The van der Waals surface area contributed by atoms with Crippen molar-refractivity contribution in [1.29, 1.82) is 0 Å². The van der Waals surface area contributed by atoms with E-state index in [9.17, 15) is 4.79 Å². The topological polar surface area (TPSA) is 64.8 Å². The number of rotatable bonds is 2. The molecule has 2 N–H and O–H groups in total. The zero-order valence-electron chi connectivity index (χ0n) is 6.99. The molecule has 0 atom stereocenters. The summed E-state index contributed by atoms with van der Waals surface area (Å²) in [5.41, 5.74) is 5.19. The molecule has 0 saturated carbocycles. The molecule has 0 aliphatic carbocycles. The van der Waals surface area contributed by atoms with Crippen LogP contribution in [0.25, 0.3) is 0 Å². The van der Waals surface area contributed by atoms with E-state index in [4.69, 9.17) is 15.2 Å². The molecular formula is C7H14N2O3. The highest BCUT2D eigenvalue weighted by Gasteiger charge is 2.17. The number of hydrogen-bond acceptors (Lipinski definition) is 4. The molecule has 0 bridgehead atoms. The zero-order valence-corrected chi connectivity index (χ0v) is 6.99. The fourth-order valence-corrected chi connectivity index (χ4v) is 0.983. The number of carbonyl (C=O) groups is 1. The second kappa shape index (κ2) is 4.95. The molecule has 0 unspecified atom stereocenters. The number of nitrogens with zero attached hydrogens (tertiary/aromatic N) is 1. The van der Waals surface area contributed by atoms with Crippen molar-refractivity contribution in [3.63, 3.8) is 0 Å². The van der Waals surface area contributed by atoms with Gasteiger partial charge in [0.15, 0.2) is 0 Å². The number of hydrogen-bond donors (Lipinski definition) is 1. The molecule has 1 saturated heterocycles. The summed E-state index contributed by atoms with van der Waals surface area (Å²) >= 11 is 0. The average molecular weight is 174 g/mol. The van der Waals surface area contributed by atoms with Crippen LogP contribution in [0, 0.1) is 0 Å². The van der Waals surface area contributed by atoms with Crippen LogP contribution in [0.4, 0.5) is 4.79 Å². The van der Waals surface area contributed by atoms with Crippen molar-refractivity contribution >= 4 is 6.09 Å². The monoisotopic (exact) mass is 174 g/mol. The largest absolute Gasteiger partial charge is 0.448 e. The van der Waals surface area contributed by atoms with Gasteiger partial charge in [-0.05, 0) is 0 Å². The van der Waals surface area contributed by atoms with Gasteiger partial charge in [-0.2, -0.15) is 0 Å². The first-order chi connectivity index (χ1) is 5.84. The summed E-state index contributed by atoms with van der Waals surface area (Å²) < 4.78 is 9.92. The Morgan fingerprint density at radius 3 is 2.75 bits per heavy atom. The number of carbonyl (C=O) groups excluding carboxylic acids is 1. The van der Waals surface area contributed by atoms with E-state index >= 15 is 0 Å². The maximum atomic E-state index is 11.1. The van der Waals surface area contributed by atoms with Crippen LogP contribution in [0.1, 0.15) is 0 Å². The highest BCUT2D eigenvalue weighted by molar-refractivity contribution is 5.67. The maximum absolute atomic E-state index is 11.1. The quantitative estimate of drug-likeness (QED) is 0.608. The molecule has 1 aliphatic rings. The summed E-state index contributed by atoms with van der Waals surface area (Å²) in [5.74, 6) is 0. The summed E-state index contributed by atoms with van der Waals surface area (Å²) in [6.07, 6.45) is -0.288. The molecule has 0 spiro atoms. The first-order valence-corrected chi connectivity index (χ1v) is 4.04. The van der Waals surface area contributed by atoms with Gasteiger partial charge < -0.3 is 20.1 Å². The van der Waals surface area contributed by atoms with Crippen molar-refractivity contribution < 1.29 is 14.3 Å². The lowest BCUT2D eigenvalue weighted by atomic mass is 10.5. The Morgan fingerprint density at radius 1 is 1.50 bits per heavy atom. The smallest absolute Gasteiger partial charge is 0.409 e. The van der Waals surface area contributed by atoms with E-state index in [-0.39, 0.29) is 12.7 Å². The molecule has 5 nitrogen and oxygen atoms in total. The van der Waals surface area contributed by atoms with E-state index in [2.05, 4.69) is 0 Å². The lowest BCUT2D eigenvalue weighted by molar-refractivity contribution is 0.0280. The summed E-state index contributed by atoms with van der Waals surface area (Å²) in [6, 6.07) is 0. The Hall–Kier alpha value is -0.810. The Labute approximate surface area is 71.4 Å². The van der Waals surface area contributed by atoms with Gasteiger partial charge >= 0.3 is 6.09 Å². The SMILES string of the molecule is NCCOC(=O)N1CCOCC1. The van der Waals surface area contributed by atoms with Gasteiger partial charge in [-0.1, -0.05) is 0 Å². The van der Waals surface area contributed by atoms with Crippen molar-refractivity contribution in [2.45, 2.75) is 0 Å². The van der Waals surface area contributed by atoms with E-state index in [0.29, 0.717) is 32.8 Å². The second-order valence-electron chi connectivity index (χ2n) is 2.50. The summed E-state index contributed by atoms with van der Waals surface area (Å²) in [7, 11) is 0. The Balaban J connectivity index is 2.20. The molecule has 1 heterocycles. The van der Waals surface area contributed by atoms with Gasteiger partial charge in [0.05, 0.1) is 13.2 Å². The molecule has 1 amide bonds. The summed E-state index contributed by atoms with van der Waals surface area (Å²) in [6.45, 7) is 3.08. The Bertz CT molecular complexity index is 146. The third-order valence-electron chi connectivity index (χ3n) is 1.61. The molecule has 12 heavy (non-hydrogen) atoms. The molecular weight excluding hydrogens is 160 g/mol. The van der Waals surface area contributed by atoms with E-state index in [1.165, 1.54) is 0 Å². The third-order valence-corrected chi connectivity index (χ3v) is 1.61. The molecule has 0 radical (unpaired) electrons. The van der Waals surface area contributed by atoms with Crippen molar-refractivity contribution in [2.75, 3.05) is 39.5 Å². The van der Waals surface area contributed by atoms with E-state index in [1.807, 2.05) is 0 Å². The molecule has 1 aliphatic heterocycles. The van der Waals surface area contributed by atoms with Crippen molar-refractivity contribution in [3.8, 4) is 0 Å². The van der Waals surface area contributed by atoms with Crippen LogP contribution in [0.15, 0.2) is 0 Å². The molecule has 1 fully saturated rings. The van der Waals surface area contributed by atoms with Gasteiger partial charge in [-0.3, -0.25) is 0 Å². The molecule has 5 heteroatoms. The predicted octanol–water partition coefficient (Wildman–Crippen LogP) is -0.586. The number of morpholine rings is 1. The van der Waals surface area contributed by atoms with Crippen molar-refractivity contribution in [3.05, 3.63) is 0 Å². The minimum Gasteiger partial charge on any atom is -0.448 e. The second-order valence-corrected chi connectivity index (χ2v) is 2.50. The Kier molecular flexibility index (Phi) is 3.83. The summed E-state index contributed by atoms with van der Waals surface area (Å²) in [4.78, 5) is 12.8. The first kappa shape index (κ1) is 9.28. The van der Waals surface area contributed by atoms with E-state index in [1.54, 1.807) is 4.90 Å². The van der Waals surface area contributed by atoms with Gasteiger partial charge in [0, 0.05) is 19.6 Å². The fraction of sp³-hybridized carbons (Fsp3) is 0.857. The van der Waals surface area contributed by atoms with Crippen LogP contribution < -0.4 is 5.73 Å². The third kappa shape index (κ3) is 2.67. The fourth-order valence-electron chi connectivity index (χ4n) is 0.983. The van der Waals surface area contributed by atoms with Crippen LogP contribution in [-0.2, 0) is 9.47 Å². The van der Waals surface area contributed by atoms with E-state index in [0.717, 1.165) is 0 Å². The molecule has 0 aromatic heterocycles. The minimum absolute atomic E-state index is 0.288. The normalized spacial score (nSPS) is 17.6. The zero-order chi connectivity index (χ0) is 8.81. The average Bonchev–Trinajstić information content (AvgIpc) is 2.15. The van der Waals surface area contributed by atoms with Crippen molar-refractivity contribution in [1.82, 2.24) is 4.90 Å². The van der Waals surface area contributed by atoms with E-state index < -0.39 is 0 Å². The number of ether oxygens (including phenoxy) is 2. The van der Waals surface area contributed by atoms with Crippen LogP contribution >= 0.6 is 0 Å². The highest BCUT2D eigenvalue weighted by Crippen LogP contribution is 1.98. The minimum atomic E-state index is -0.288. The highest BCUT2D eigenvalue weighted by atomic mass is 16.6. The Morgan fingerprint density at radius 2 is 2.17 bits per heavy atom. The lowest BCUT2D eigenvalue weighted by Crippen LogP contribution is -2.41. The van der Waals surface area contributed by atoms with Gasteiger partial charge in [0.1, 0.15) is 6.61 Å². The van der Waals surface area contributed by atoms with Crippen LogP contribution in [0.5, 0.6) is 0 Å². The van der Waals surface area contributed by atoms with Crippen LogP contribution in [-0.4, -0.2) is 50.4 Å². The predicted molar refractivity (Wildman–Crippen MR) is 42.8 cm³/mol. The molecule has 70 valence electrons. The standard InChI is InChI=1S/C7H14N2O3/c8-1-4-12-7(10)9-2-5-11-6-3-9/h1-6,8H2. The number of nitrogens with two attached hydrogens (primary N) is 1. The van der Waals surface area contributed by atoms with Gasteiger partial charge in [-0.25, -0.2) is 4.79 Å². The lowest BCUT2D eigenvalue weighted by Gasteiger charge is -2.25. The van der Waals surface area contributed by atoms with Crippen molar-refractivity contribution in [2.24, 2.45) is 5.73 Å². The number of amides is 1. The maximum Gasteiger partial charge on any atom is 0.409 e. The summed E-state index contributed by atoms with van der Waals surface area (Å²) in [5, 5.41) is 0. The molecule has 0 aromatic carbocycles. The molecule has 1 rings (SSSR count). The molecule has 0 aromatic rings. The van der Waals surface area contributed by atoms with Gasteiger partial charge in [-0.15, -0.1) is 0 Å². The first-order valence-electron chi connectivity index (χ1n) is 4.04. The van der Waals surface area contributed by atoms with Crippen LogP contribution in [0.2, 0.25) is 0 Å². The van der Waals surface area contributed by atoms with Crippen LogP contribution in [0.3, 0.4) is 0 Å². The van der Waals surface area contributed by atoms with Gasteiger partial charge in [0.25, 0.3) is 0 Å².